The Balaban J connectivity index is 1.37. The van der Waals surface area contributed by atoms with Gasteiger partial charge in [0.1, 0.15) is 0 Å². The second-order valence-corrected chi connectivity index (χ2v) is 8.82. The largest absolute Gasteiger partial charge is 0.503 e. The number of allylic oxidation sites excluding steroid dienone is 2. The van der Waals surface area contributed by atoms with E-state index in [9.17, 15) is 5.11 Å². The first-order chi connectivity index (χ1) is 15.1. The maximum atomic E-state index is 9.96. The average molecular weight is 475 g/mol. The maximum absolute atomic E-state index is 9.96. The standard InChI is InChI=1S/C26H23BrN2O2/c1-31-24-14-16(13-22(27)26(24)30)15-28-18-11-9-17(10-12-18)25-21-7-4-6-19(21)20-5-2-3-8-23(20)29-25/h2-6,8-15,19,21,25,29-30H,7H2,1H3/t19-,21-,25+/m1/s1. The molecule has 2 aliphatic rings. The number of hydrogen-bond donors (Lipinski definition) is 2. The number of anilines is 1. The topological polar surface area (TPSA) is 53.8 Å². The summed E-state index contributed by atoms with van der Waals surface area (Å²) >= 11 is 3.35. The van der Waals surface area contributed by atoms with E-state index >= 15 is 0 Å². The molecule has 0 amide bonds. The highest BCUT2D eigenvalue weighted by molar-refractivity contribution is 9.10. The minimum Gasteiger partial charge on any atom is -0.503 e. The highest BCUT2D eigenvalue weighted by Crippen LogP contribution is 2.49. The number of phenolic OH excluding ortho intramolecular Hbond substituents is 1. The number of aliphatic imine (C=N–C) groups is 1. The SMILES string of the molecule is COc1cc(C=Nc2ccc([C@@H]3Nc4ccccc4[C@H]4C=CC[C@H]43)cc2)cc(Br)c1O. The lowest BCUT2D eigenvalue weighted by atomic mass is 9.77. The fourth-order valence-corrected chi connectivity index (χ4v) is 5.07. The Labute approximate surface area is 190 Å². The molecule has 0 saturated heterocycles. The van der Waals surface area contributed by atoms with Crippen molar-refractivity contribution in [3.8, 4) is 11.5 Å². The molecule has 5 rings (SSSR count). The molecular weight excluding hydrogens is 452 g/mol. The summed E-state index contributed by atoms with van der Waals surface area (Å²) in [5.74, 6) is 1.51. The summed E-state index contributed by atoms with van der Waals surface area (Å²) in [7, 11) is 1.53. The lowest BCUT2D eigenvalue weighted by molar-refractivity contribution is 0.372. The van der Waals surface area contributed by atoms with Crippen LogP contribution in [-0.4, -0.2) is 18.4 Å². The number of ether oxygens (including phenoxy) is 1. The number of fused-ring (bicyclic) bond motifs is 3. The predicted octanol–water partition coefficient (Wildman–Crippen LogP) is 6.74. The summed E-state index contributed by atoms with van der Waals surface area (Å²) in [5, 5.41) is 13.7. The zero-order chi connectivity index (χ0) is 21.4. The molecule has 0 bridgehead atoms. The lowest BCUT2D eigenvalue weighted by Crippen LogP contribution is -2.28. The number of phenols is 1. The number of methoxy groups -OCH3 is 1. The van der Waals surface area contributed by atoms with E-state index in [0.29, 0.717) is 22.1 Å². The third-order valence-corrected chi connectivity index (χ3v) is 6.76. The van der Waals surface area contributed by atoms with Gasteiger partial charge in [-0.05, 0) is 75.3 Å². The van der Waals surface area contributed by atoms with Crippen LogP contribution in [0, 0.1) is 5.92 Å². The van der Waals surface area contributed by atoms with Crippen LogP contribution >= 0.6 is 15.9 Å². The molecule has 3 atom stereocenters. The molecule has 31 heavy (non-hydrogen) atoms. The van der Waals surface area contributed by atoms with Gasteiger partial charge in [-0.3, -0.25) is 4.99 Å². The Hall–Kier alpha value is -3.05. The van der Waals surface area contributed by atoms with Gasteiger partial charge < -0.3 is 15.2 Å². The molecule has 3 aromatic carbocycles. The van der Waals surface area contributed by atoms with E-state index in [1.165, 1.54) is 23.9 Å². The molecule has 1 aliphatic heterocycles. The Bertz CT molecular complexity index is 1170. The van der Waals surface area contributed by atoms with Crippen LogP contribution in [0.5, 0.6) is 11.5 Å². The van der Waals surface area contributed by atoms with Gasteiger partial charge in [-0.15, -0.1) is 0 Å². The lowest BCUT2D eigenvalue weighted by Gasteiger charge is -2.37. The van der Waals surface area contributed by atoms with Crippen LogP contribution < -0.4 is 10.1 Å². The Morgan fingerprint density at radius 2 is 1.94 bits per heavy atom. The molecule has 4 nitrogen and oxygen atoms in total. The molecule has 2 N–H and O–H groups in total. The number of nitrogens with one attached hydrogen (secondary N) is 1. The number of nitrogens with zero attached hydrogens (tertiary/aromatic N) is 1. The maximum Gasteiger partial charge on any atom is 0.172 e. The molecule has 0 spiro atoms. The minimum absolute atomic E-state index is 0.0882. The number of hydrogen-bond acceptors (Lipinski definition) is 4. The zero-order valence-corrected chi connectivity index (χ0v) is 18.7. The molecule has 0 unspecified atom stereocenters. The van der Waals surface area contributed by atoms with Crippen molar-refractivity contribution in [3.63, 3.8) is 0 Å². The van der Waals surface area contributed by atoms with Crippen molar-refractivity contribution in [2.45, 2.75) is 18.4 Å². The fourth-order valence-electron chi connectivity index (χ4n) is 4.61. The normalized spacial score (nSPS) is 21.5. The van der Waals surface area contributed by atoms with Gasteiger partial charge >= 0.3 is 0 Å². The number of aromatic hydroxyl groups is 1. The summed E-state index contributed by atoms with van der Waals surface area (Å²) in [6.45, 7) is 0. The third-order valence-electron chi connectivity index (χ3n) is 6.16. The van der Waals surface area contributed by atoms with Gasteiger partial charge in [-0.2, -0.15) is 0 Å². The molecule has 3 aromatic rings. The molecule has 156 valence electrons. The van der Waals surface area contributed by atoms with E-state index in [4.69, 9.17) is 4.74 Å². The molecular formula is C26H23BrN2O2. The van der Waals surface area contributed by atoms with Crippen molar-refractivity contribution in [2.75, 3.05) is 12.4 Å². The smallest absolute Gasteiger partial charge is 0.172 e. The van der Waals surface area contributed by atoms with Crippen molar-refractivity contribution < 1.29 is 9.84 Å². The van der Waals surface area contributed by atoms with E-state index in [0.717, 1.165) is 17.7 Å². The average Bonchev–Trinajstić information content (AvgIpc) is 3.30. The summed E-state index contributed by atoms with van der Waals surface area (Å²) in [6.07, 6.45) is 7.54. The first kappa shape index (κ1) is 19.9. The fraction of sp³-hybridized carbons (Fsp3) is 0.192. The Morgan fingerprint density at radius 1 is 1.13 bits per heavy atom. The first-order valence-corrected chi connectivity index (χ1v) is 11.2. The highest BCUT2D eigenvalue weighted by atomic mass is 79.9. The number of benzene rings is 3. The van der Waals surface area contributed by atoms with Crippen LogP contribution in [0.25, 0.3) is 0 Å². The molecule has 0 radical (unpaired) electrons. The van der Waals surface area contributed by atoms with Crippen molar-refractivity contribution in [1.29, 1.82) is 0 Å². The van der Waals surface area contributed by atoms with E-state index < -0.39 is 0 Å². The van der Waals surface area contributed by atoms with Crippen molar-refractivity contribution in [1.82, 2.24) is 0 Å². The zero-order valence-electron chi connectivity index (χ0n) is 17.1. The number of rotatable bonds is 4. The third kappa shape index (κ3) is 3.74. The van der Waals surface area contributed by atoms with Gasteiger partial charge in [-0.1, -0.05) is 42.5 Å². The van der Waals surface area contributed by atoms with Gasteiger partial charge in [-0.25, -0.2) is 0 Å². The van der Waals surface area contributed by atoms with Crippen LogP contribution in [0.4, 0.5) is 11.4 Å². The predicted molar refractivity (Wildman–Crippen MR) is 129 cm³/mol. The Morgan fingerprint density at radius 3 is 2.74 bits per heavy atom. The number of para-hydroxylation sites is 1. The van der Waals surface area contributed by atoms with Crippen molar-refractivity contribution >= 4 is 33.5 Å². The number of halogens is 1. The molecule has 1 aliphatic carbocycles. The summed E-state index contributed by atoms with van der Waals surface area (Å²) in [4.78, 5) is 4.60. The molecule has 5 heteroatoms. The second kappa shape index (κ2) is 8.23. The van der Waals surface area contributed by atoms with Gasteiger partial charge in [0, 0.05) is 17.8 Å². The Kier molecular flexibility index (Phi) is 5.28. The van der Waals surface area contributed by atoms with Gasteiger partial charge in [0.25, 0.3) is 0 Å². The molecule has 0 fully saturated rings. The summed E-state index contributed by atoms with van der Waals surface area (Å²) in [5.41, 5.74) is 5.63. The van der Waals surface area contributed by atoms with E-state index in [1.807, 2.05) is 6.07 Å². The van der Waals surface area contributed by atoms with Gasteiger partial charge in [0.15, 0.2) is 11.5 Å². The quantitative estimate of drug-likeness (QED) is 0.325. The summed E-state index contributed by atoms with van der Waals surface area (Å²) < 4.78 is 5.78. The van der Waals surface area contributed by atoms with Crippen LogP contribution in [-0.2, 0) is 0 Å². The van der Waals surface area contributed by atoms with Crippen LogP contribution in [0.2, 0.25) is 0 Å². The summed E-state index contributed by atoms with van der Waals surface area (Å²) in [6, 6.07) is 20.9. The first-order valence-electron chi connectivity index (χ1n) is 10.4. The van der Waals surface area contributed by atoms with E-state index in [2.05, 4.69) is 86.9 Å². The van der Waals surface area contributed by atoms with Gasteiger partial charge in [0.05, 0.1) is 23.3 Å². The second-order valence-electron chi connectivity index (χ2n) is 7.97. The highest BCUT2D eigenvalue weighted by Gasteiger charge is 2.37. The van der Waals surface area contributed by atoms with Crippen molar-refractivity contribution in [2.24, 2.45) is 10.9 Å². The molecule has 0 saturated carbocycles. The monoisotopic (exact) mass is 474 g/mol. The minimum atomic E-state index is 0.0882. The molecule has 0 aromatic heterocycles. The van der Waals surface area contributed by atoms with Gasteiger partial charge in [0.2, 0.25) is 0 Å². The molecule has 1 heterocycles. The van der Waals surface area contributed by atoms with Crippen LogP contribution in [0.15, 0.2) is 82.3 Å². The van der Waals surface area contributed by atoms with E-state index in [1.54, 1.807) is 12.3 Å². The van der Waals surface area contributed by atoms with Crippen LogP contribution in [0.3, 0.4) is 0 Å². The van der Waals surface area contributed by atoms with Crippen LogP contribution in [0.1, 0.15) is 35.1 Å². The van der Waals surface area contributed by atoms with Crippen molar-refractivity contribution in [3.05, 3.63) is 94.0 Å². The van der Waals surface area contributed by atoms with E-state index in [-0.39, 0.29) is 11.8 Å².